The summed E-state index contributed by atoms with van der Waals surface area (Å²) in [6, 6.07) is 8.63. The zero-order valence-corrected chi connectivity index (χ0v) is 15.7. The number of hydrogen-bond donors (Lipinski definition) is 0. The minimum absolute atomic E-state index is 0.0161. The number of aromatic nitrogens is 2. The number of hydrogen-bond acceptors (Lipinski definition) is 5. The monoisotopic (exact) mass is 353 g/mol. The molecule has 138 valence electrons. The highest BCUT2D eigenvalue weighted by Crippen LogP contribution is 2.28. The maximum atomic E-state index is 12.9. The molecule has 1 amide bonds. The number of likely N-dealkylation sites (tertiary alicyclic amines) is 1. The lowest BCUT2D eigenvalue weighted by Gasteiger charge is -2.37. The maximum absolute atomic E-state index is 12.9. The van der Waals surface area contributed by atoms with Crippen molar-refractivity contribution in [2.45, 2.75) is 32.7 Å². The Morgan fingerprint density at radius 1 is 0.923 bits per heavy atom. The molecule has 0 atom stereocenters. The van der Waals surface area contributed by atoms with Crippen molar-refractivity contribution < 1.29 is 4.79 Å². The first-order chi connectivity index (χ1) is 12.6. The van der Waals surface area contributed by atoms with Gasteiger partial charge >= 0.3 is 0 Å². The van der Waals surface area contributed by atoms with E-state index < -0.39 is 0 Å². The van der Waals surface area contributed by atoms with Gasteiger partial charge in [0.25, 0.3) is 5.91 Å². The number of anilines is 1. The average molecular weight is 353 g/mol. The second kappa shape index (κ2) is 7.19. The maximum Gasteiger partial charge on any atom is 0.275 e. The van der Waals surface area contributed by atoms with E-state index in [4.69, 9.17) is 0 Å². The lowest BCUT2D eigenvalue weighted by molar-refractivity contribution is 0.0788. The third kappa shape index (κ3) is 3.14. The minimum Gasteiger partial charge on any atom is -0.352 e. The third-order valence-electron chi connectivity index (χ3n) is 5.61. The average Bonchev–Trinajstić information content (AvgIpc) is 3.21. The van der Waals surface area contributed by atoms with Gasteiger partial charge < -0.3 is 9.80 Å². The molecule has 0 unspecified atom stereocenters. The molecular formula is C20H27N5O. The summed E-state index contributed by atoms with van der Waals surface area (Å²) >= 11 is 0. The fourth-order valence-electron chi connectivity index (χ4n) is 4.00. The molecule has 2 aromatic rings. The molecule has 0 bridgehead atoms. The summed E-state index contributed by atoms with van der Waals surface area (Å²) in [4.78, 5) is 19.6. The quantitative estimate of drug-likeness (QED) is 0.848. The topological polar surface area (TPSA) is 52.6 Å². The van der Waals surface area contributed by atoms with Gasteiger partial charge in [-0.15, -0.1) is 10.2 Å². The molecule has 0 radical (unpaired) electrons. The second-order valence-electron chi connectivity index (χ2n) is 7.53. The van der Waals surface area contributed by atoms with Gasteiger partial charge in [0.2, 0.25) is 0 Å². The molecule has 6 nitrogen and oxygen atoms in total. The van der Waals surface area contributed by atoms with Crippen molar-refractivity contribution in [3.63, 3.8) is 0 Å². The third-order valence-corrected chi connectivity index (χ3v) is 5.61. The molecular weight excluding hydrogens is 326 g/mol. The van der Waals surface area contributed by atoms with Crippen molar-refractivity contribution in [2.75, 3.05) is 44.2 Å². The van der Waals surface area contributed by atoms with Crippen LogP contribution in [0, 0.1) is 0 Å². The smallest absolute Gasteiger partial charge is 0.275 e. The fraction of sp³-hybridized carbons (Fsp3) is 0.550. The summed E-state index contributed by atoms with van der Waals surface area (Å²) < 4.78 is 0. The van der Waals surface area contributed by atoms with E-state index in [9.17, 15) is 4.79 Å². The van der Waals surface area contributed by atoms with E-state index in [2.05, 4.69) is 39.9 Å². The highest BCUT2D eigenvalue weighted by Gasteiger charge is 2.26. The van der Waals surface area contributed by atoms with Crippen LogP contribution in [0.4, 0.5) is 5.82 Å². The highest BCUT2D eigenvalue weighted by molar-refractivity contribution is 6.07. The number of benzene rings is 1. The van der Waals surface area contributed by atoms with E-state index in [0.29, 0.717) is 11.7 Å². The Hall–Kier alpha value is -2.21. The zero-order valence-electron chi connectivity index (χ0n) is 15.7. The van der Waals surface area contributed by atoms with Crippen molar-refractivity contribution in [3.8, 4) is 0 Å². The molecule has 1 aromatic heterocycles. The van der Waals surface area contributed by atoms with Crippen LogP contribution in [0.25, 0.3) is 10.8 Å². The minimum atomic E-state index is 0.0161. The lowest BCUT2D eigenvalue weighted by atomic mass is 10.1. The van der Waals surface area contributed by atoms with Crippen LogP contribution in [0.2, 0.25) is 0 Å². The van der Waals surface area contributed by atoms with Crippen LogP contribution in [0.15, 0.2) is 24.3 Å². The SMILES string of the molecule is CC(C)N1CCN(c2nnc(C(=O)N3CCCC3)c3ccccc23)CC1. The van der Waals surface area contributed by atoms with Gasteiger partial charge in [-0.3, -0.25) is 9.69 Å². The molecule has 4 rings (SSSR count). The molecule has 0 N–H and O–H groups in total. The van der Waals surface area contributed by atoms with Gasteiger partial charge in [-0.1, -0.05) is 24.3 Å². The Kier molecular flexibility index (Phi) is 4.76. The Balaban J connectivity index is 1.65. The van der Waals surface area contributed by atoms with E-state index in [1.807, 2.05) is 23.1 Å². The van der Waals surface area contributed by atoms with E-state index in [1.165, 1.54) is 0 Å². The molecule has 0 saturated carbocycles. The predicted octanol–water partition coefficient (Wildman–Crippen LogP) is 2.40. The van der Waals surface area contributed by atoms with Crippen molar-refractivity contribution in [1.82, 2.24) is 20.0 Å². The first kappa shape index (κ1) is 17.2. The number of carbonyl (C=O) groups is 1. The van der Waals surface area contributed by atoms with Gasteiger partial charge in [-0.25, -0.2) is 0 Å². The van der Waals surface area contributed by atoms with Gasteiger partial charge in [0.15, 0.2) is 11.5 Å². The molecule has 2 aliphatic heterocycles. The standard InChI is InChI=1S/C20H27N5O/c1-15(2)23-11-13-24(14-12-23)19-17-8-4-3-7-16(17)18(21-22-19)20(26)25-9-5-6-10-25/h3-4,7-8,15H,5-6,9-14H2,1-2H3. The molecule has 26 heavy (non-hydrogen) atoms. The number of carbonyl (C=O) groups excluding carboxylic acids is 1. The Bertz CT molecular complexity index is 792. The summed E-state index contributed by atoms with van der Waals surface area (Å²) in [5.41, 5.74) is 0.493. The zero-order chi connectivity index (χ0) is 18.1. The van der Waals surface area contributed by atoms with Crippen molar-refractivity contribution in [2.24, 2.45) is 0 Å². The number of piperazine rings is 1. The molecule has 2 saturated heterocycles. The Morgan fingerprint density at radius 2 is 1.58 bits per heavy atom. The number of amides is 1. The van der Waals surface area contributed by atoms with Gasteiger partial charge in [0.1, 0.15) is 0 Å². The number of rotatable bonds is 3. The summed E-state index contributed by atoms with van der Waals surface area (Å²) in [5.74, 6) is 0.921. The summed E-state index contributed by atoms with van der Waals surface area (Å²) in [7, 11) is 0. The van der Waals surface area contributed by atoms with Crippen molar-refractivity contribution in [3.05, 3.63) is 30.0 Å². The normalized spacial score (nSPS) is 18.9. The van der Waals surface area contributed by atoms with Crippen LogP contribution in [0.5, 0.6) is 0 Å². The van der Waals surface area contributed by atoms with E-state index in [1.54, 1.807) is 0 Å². The van der Waals surface area contributed by atoms with Gasteiger partial charge in [0.05, 0.1) is 0 Å². The summed E-state index contributed by atoms with van der Waals surface area (Å²) in [6.45, 7) is 10.1. The highest BCUT2D eigenvalue weighted by atomic mass is 16.2. The largest absolute Gasteiger partial charge is 0.352 e. The molecule has 0 spiro atoms. The first-order valence-corrected chi connectivity index (χ1v) is 9.69. The van der Waals surface area contributed by atoms with Crippen LogP contribution in [-0.2, 0) is 0 Å². The fourth-order valence-corrected chi connectivity index (χ4v) is 4.00. The van der Waals surface area contributed by atoms with E-state index >= 15 is 0 Å². The van der Waals surface area contributed by atoms with Gasteiger partial charge in [0, 0.05) is 56.1 Å². The molecule has 3 heterocycles. The summed E-state index contributed by atoms with van der Waals surface area (Å²) in [5, 5.41) is 10.8. The summed E-state index contributed by atoms with van der Waals surface area (Å²) in [6.07, 6.45) is 2.16. The molecule has 2 aliphatic rings. The second-order valence-corrected chi connectivity index (χ2v) is 7.53. The number of fused-ring (bicyclic) bond motifs is 1. The van der Waals surface area contributed by atoms with Crippen molar-refractivity contribution >= 4 is 22.5 Å². The van der Waals surface area contributed by atoms with Crippen molar-refractivity contribution in [1.29, 1.82) is 0 Å². The molecule has 6 heteroatoms. The van der Waals surface area contributed by atoms with Crippen LogP contribution >= 0.6 is 0 Å². The van der Waals surface area contributed by atoms with Crippen LogP contribution in [-0.4, -0.2) is 71.2 Å². The van der Waals surface area contributed by atoms with Gasteiger partial charge in [-0.2, -0.15) is 0 Å². The molecule has 2 fully saturated rings. The Morgan fingerprint density at radius 3 is 2.23 bits per heavy atom. The van der Waals surface area contributed by atoms with Gasteiger partial charge in [-0.05, 0) is 26.7 Å². The lowest BCUT2D eigenvalue weighted by Crippen LogP contribution is -2.49. The Labute approximate surface area is 154 Å². The van der Waals surface area contributed by atoms with E-state index in [-0.39, 0.29) is 5.91 Å². The van der Waals surface area contributed by atoms with Crippen LogP contribution < -0.4 is 4.90 Å². The van der Waals surface area contributed by atoms with E-state index in [0.717, 1.165) is 68.7 Å². The van der Waals surface area contributed by atoms with Crippen LogP contribution in [0.1, 0.15) is 37.2 Å². The first-order valence-electron chi connectivity index (χ1n) is 9.69. The van der Waals surface area contributed by atoms with Crippen LogP contribution in [0.3, 0.4) is 0 Å². The number of nitrogens with zero attached hydrogens (tertiary/aromatic N) is 5. The predicted molar refractivity (Wildman–Crippen MR) is 104 cm³/mol. The molecule has 0 aliphatic carbocycles. The molecule has 1 aromatic carbocycles.